The number of halogens is 4. The number of rotatable bonds is 2. The maximum atomic E-state index is 13.1. The highest BCUT2D eigenvalue weighted by Crippen LogP contribution is 2.30. The van der Waals surface area contributed by atoms with Crippen molar-refractivity contribution in [1.29, 1.82) is 0 Å². The first-order chi connectivity index (χ1) is 8.79. The van der Waals surface area contributed by atoms with Crippen LogP contribution in [-0.4, -0.2) is 14.9 Å². The predicted molar refractivity (Wildman–Crippen MR) is 59.2 cm³/mol. The van der Waals surface area contributed by atoms with Crippen LogP contribution in [0.15, 0.2) is 30.6 Å². The quantitative estimate of drug-likeness (QED) is 0.855. The molecule has 1 aromatic heterocycles. The number of hydrogen-bond acceptors (Lipinski definition) is 2. The van der Waals surface area contributed by atoms with Crippen molar-refractivity contribution in [3.8, 4) is 5.69 Å². The van der Waals surface area contributed by atoms with E-state index in [1.165, 1.54) is 13.0 Å². The number of nitrogens with zero attached hydrogens (tertiary/aromatic N) is 2. The first-order valence-electron chi connectivity index (χ1n) is 5.39. The smallest absolute Gasteiger partial charge is 0.389 e. The van der Waals surface area contributed by atoms with Crippen LogP contribution in [0.5, 0.6) is 0 Å². The lowest BCUT2D eigenvalue weighted by atomic mass is 10.1. The molecule has 7 heteroatoms. The van der Waals surface area contributed by atoms with Crippen LogP contribution in [-0.2, 0) is 6.18 Å². The Hall–Kier alpha value is -1.89. The van der Waals surface area contributed by atoms with Crippen molar-refractivity contribution in [3.05, 3.63) is 47.5 Å². The van der Waals surface area contributed by atoms with E-state index in [4.69, 9.17) is 0 Å². The Morgan fingerprint density at radius 1 is 1.32 bits per heavy atom. The van der Waals surface area contributed by atoms with Crippen LogP contribution in [0, 0.1) is 5.82 Å². The molecule has 2 rings (SSSR count). The summed E-state index contributed by atoms with van der Waals surface area (Å²) in [5.41, 5.74) is -0.544. The SMILES string of the molecule is C[C@@H](O)c1cc(F)ccc1-n1cc(C(F)(F)F)cn1. The standard InChI is InChI=1S/C12H10F4N2O/c1-7(19)10-4-9(13)2-3-11(10)18-6-8(5-17-18)12(14,15)16/h2-7,19H,1H3/t7-/m1/s1. The van der Waals surface area contributed by atoms with Gasteiger partial charge < -0.3 is 5.11 Å². The first-order valence-corrected chi connectivity index (χ1v) is 5.39. The maximum Gasteiger partial charge on any atom is 0.419 e. The van der Waals surface area contributed by atoms with Crippen LogP contribution in [0.3, 0.4) is 0 Å². The number of benzene rings is 1. The summed E-state index contributed by atoms with van der Waals surface area (Å²) >= 11 is 0. The van der Waals surface area contributed by atoms with Crippen LogP contribution in [0.25, 0.3) is 5.69 Å². The van der Waals surface area contributed by atoms with Crippen molar-refractivity contribution in [3.63, 3.8) is 0 Å². The van der Waals surface area contributed by atoms with Gasteiger partial charge in [-0.1, -0.05) is 0 Å². The van der Waals surface area contributed by atoms with Crippen molar-refractivity contribution in [2.24, 2.45) is 0 Å². The fraction of sp³-hybridized carbons (Fsp3) is 0.250. The van der Waals surface area contributed by atoms with E-state index in [0.717, 1.165) is 23.0 Å². The van der Waals surface area contributed by atoms with Gasteiger partial charge in [-0.15, -0.1) is 0 Å². The number of aliphatic hydroxyl groups excluding tert-OH is 1. The van der Waals surface area contributed by atoms with Crippen molar-refractivity contribution >= 4 is 0 Å². The van der Waals surface area contributed by atoms with Crippen LogP contribution < -0.4 is 0 Å². The number of aliphatic hydroxyl groups is 1. The molecule has 0 saturated carbocycles. The minimum absolute atomic E-state index is 0.164. The average molecular weight is 274 g/mol. The van der Waals surface area contributed by atoms with E-state index in [-0.39, 0.29) is 11.3 Å². The second-order valence-electron chi connectivity index (χ2n) is 4.05. The second kappa shape index (κ2) is 4.65. The lowest BCUT2D eigenvalue weighted by Gasteiger charge is -2.12. The van der Waals surface area contributed by atoms with E-state index < -0.39 is 23.7 Å². The maximum absolute atomic E-state index is 13.1. The van der Waals surface area contributed by atoms with Gasteiger partial charge in [0.05, 0.1) is 23.6 Å². The monoisotopic (exact) mass is 274 g/mol. The molecule has 0 unspecified atom stereocenters. The van der Waals surface area contributed by atoms with Gasteiger partial charge in [0, 0.05) is 11.8 Å². The molecule has 1 N–H and O–H groups in total. The number of hydrogen-bond donors (Lipinski definition) is 1. The van der Waals surface area contributed by atoms with Gasteiger partial charge in [0.15, 0.2) is 0 Å². The van der Waals surface area contributed by atoms with E-state index in [2.05, 4.69) is 5.10 Å². The fourth-order valence-electron chi connectivity index (χ4n) is 1.67. The summed E-state index contributed by atoms with van der Waals surface area (Å²) in [5.74, 6) is -0.581. The second-order valence-corrected chi connectivity index (χ2v) is 4.05. The Morgan fingerprint density at radius 2 is 2.00 bits per heavy atom. The molecule has 0 saturated heterocycles. The molecule has 0 fully saturated rings. The third-order valence-corrected chi connectivity index (χ3v) is 2.60. The molecule has 1 atom stereocenters. The summed E-state index contributed by atoms with van der Waals surface area (Å²) in [6.45, 7) is 1.40. The molecule has 0 aliphatic heterocycles. The molecule has 2 aromatic rings. The first kappa shape index (κ1) is 13.5. The van der Waals surface area contributed by atoms with Gasteiger partial charge in [-0.05, 0) is 25.1 Å². The number of aromatic nitrogens is 2. The molecule has 1 heterocycles. The summed E-state index contributed by atoms with van der Waals surface area (Å²) in [4.78, 5) is 0. The van der Waals surface area contributed by atoms with E-state index in [0.29, 0.717) is 6.20 Å². The van der Waals surface area contributed by atoms with Gasteiger partial charge in [0.1, 0.15) is 5.82 Å². The summed E-state index contributed by atoms with van der Waals surface area (Å²) in [5, 5.41) is 13.1. The Kier molecular flexibility index (Phi) is 3.32. The normalized spacial score (nSPS) is 13.6. The molecule has 0 aliphatic carbocycles. The fourth-order valence-corrected chi connectivity index (χ4v) is 1.67. The van der Waals surface area contributed by atoms with Gasteiger partial charge in [0.25, 0.3) is 0 Å². The van der Waals surface area contributed by atoms with Gasteiger partial charge in [-0.25, -0.2) is 9.07 Å². The molecule has 0 bridgehead atoms. The molecule has 0 spiro atoms. The van der Waals surface area contributed by atoms with Gasteiger partial charge in [-0.2, -0.15) is 18.3 Å². The molecule has 0 amide bonds. The molecule has 0 radical (unpaired) electrons. The summed E-state index contributed by atoms with van der Waals surface area (Å²) in [6.07, 6.45) is -4.05. The summed E-state index contributed by atoms with van der Waals surface area (Å²) in [6, 6.07) is 3.43. The largest absolute Gasteiger partial charge is 0.419 e. The van der Waals surface area contributed by atoms with Crippen LogP contribution >= 0.6 is 0 Å². The third-order valence-electron chi connectivity index (χ3n) is 2.60. The van der Waals surface area contributed by atoms with Crippen molar-refractivity contribution in [1.82, 2.24) is 9.78 Å². The zero-order chi connectivity index (χ0) is 14.2. The molecule has 1 aromatic carbocycles. The topological polar surface area (TPSA) is 38.0 Å². The summed E-state index contributed by atoms with van der Waals surface area (Å²) < 4.78 is 51.5. The lowest BCUT2D eigenvalue weighted by Crippen LogP contribution is -2.05. The van der Waals surface area contributed by atoms with Crippen molar-refractivity contribution < 1.29 is 22.7 Å². The summed E-state index contributed by atoms with van der Waals surface area (Å²) in [7, 11) is 0. The lowest BCUT2D eigenvalue weighted by molar-refractivity contribution is -0.137. The highest BCUT2D eigenvalue weighted by atomic mass is 19.4. The van der Waals surface area contributed by atoms with Gasteiger partial charge in [0.2, 0.25) is 0 Å². The Labute approximate surface area is 106 Å². The Morgan fingerprint density at radius 3 is 2.53 bits per heavy atom. The van der Waals surface area contributed by atoms with Crippen molar-refractivity contribution in [2.45, 2.75) is 19.2 Å². The van der Waals surface area contributed by atoms with Crippen LogP contribution in [0.2, 0.25) is 0 Å². The van der Waals surface area contributed by atoms with Crippen LogP contribution in [0.4, 0.5) is 17.6 Å². The Bertz CT molecular complexity index is 590. The average Bonchev–Trinajstić information content (AvgIpc) is 2.77. The molecule has 3 nitrogen and oxygen atoms in total. The zero-order valence-corrected chi connectivity index (χ0v) is 9.82. The predicted octanol–water partition coefficient (Wildman–Crippen LogP) is 3.08. The molecule has 102 valence electrons. The number of alkyl halides is 3. The highest BCUT2D eigenvalue weighted by Gasteiger charge is 2.32. The molecule has 0 aliphatic rings. The molecule has 19 heavy (non-hydrogen) atoms. The van der Waals surface area contributed by atoms with Crippen LogP contribution in [0.1, 0.15) is 24.2 Å². The van der Waals surface area contributed by atoms with Gasteiger partial charge >= 0.3 is 6.18 Å². The zero-order valence-electron chi connectivity index (χ0n) is 9.82. The van der Waals surface area contributed by atoms with Crippen molar-refractivity contribution in [2.75, 3.05) is 0 Å². The molecular weight excluding hydrogens is 264 g/mol. The van der Waals surface area contributed by atoms with E-state index in [9.17, 15) is 22.7 Å². The highest BCUT2D eigenvalue weighted by molar-refractivity contribution is 5.42. The third kappa shape index (κ3) is 2.76. The minimum atomic E-state index is -4.50. The van der Waals surface area contributed by atoms with E-state index >= 15 is 0 Å². The van der Waals surface area contributed by atoms with E-state index in [1.54, 1.807) is 0 Å². The molecular formula is C12H10F4N2O. The van der Waals surface area contributed by atoms with Gasteiger partial charge in [-0.3, -0.25) is 0 Å². The Balaban J connectivity index is 2.50. The minimum Gasteiger partial charge on any atom is -0.389 e. The van der Waals surface area contributed by atoms with E-state index in [1.807, 2.05) is 0 Å².